The molecule has 2 bridgehead atoms. The molecule has 1 aliphatic heterocycles. The lowest BCUT2D eigenvalue weighted by atomic mass is 9.68. The fourth-order valence-electron chi connectivity index (χ4n) is 5.72. The first kappa shape index (κ1) is 18.7. The van der Waals surface area contributed by atoms with Crippen molar-refractivity contribution in [2.24, 2.45) is 16.7 Å². The van der Waals surface area contributed by atoms with Crippen LogP contribution < -0.4 is 0 Å². The molecule has 0 radical (unpaired) electrons. The average molecular weight is 371 g/mol. The molecule has 1 saturated heterocycles. The predicted octanol–water partition coefficient (Wildman–Crippen LogP) is 4.17. The van der Waals surface area contributed by atoms with Crippen molar-refractivity contribution in [2.75, 3.05) is 13.1 Å². The normalized spacial score (nSPS) is 30.3. The Kier molecular flexibility index (Phi) is 4.68. The van der Waals surface area contributed by atoms with Crippen molar-refractivity contribution in [2.45, 2.75) is 78.2 Å². The van der Waals surface area contributed by atoms with Crippen LogP contribution in [0.3, 0.4) is 0 Å². The van der Waals surface area contributed by atoms with Gasteiger partial charge in [-0.1, -0.05) is 44.6 Å². The quantitative estimate of drug-likeness (QED) is 0.731. The molecule has 1 amide bonds. The number of aryl methyl sites for hydroxylation is 1. The fraction of sp³-hybridized carbons (Fsp3) is 0.773. The third kappa shape index (κ3) is 2.94. The van der Waals surface area contributed by atoms with Gasteiger partial charge < -0.3 is 4.90 Å². The van der Waals surface area contributed by atoms with Crippen molar-refractivity contribution in [3.63, 3.8) is 0 Å². The lowest BCUT2D eigenvalue weighted by Gasteiger charge is -2.41. The number of nitrogens with zero attached hydrogens (tertiary/aromatic N) is 4. The smallest absolute Gasteiger partial charge is 0.232 e. The number of hydrogen-bond acceptors (Lipinski definition) is 3. The fourth-order valence-corrected chi connectivity index (χ4v) is 5.72. The summed E-state index contributed by atoms with van der Waals surface area (Å²) >= 11 is 0. The van der Waals surface area contributed by atoms with E-state index < -0.39 is 0 Å². The van der Waals surface area contributed by atoms with Crippen molar-refractivity contribution in [1.82, 2.24) is 19.9 Å². The maximum Gasteiger partial charge on any atom is 0.232 e. The molecule has 1 aromatic rings. The molecule has 5 nitrogen and oxygen atoms in total. The second kappa shape index (κ2) is 6.75. The molecule has 1 aromatic heterocycles. The maximum absolute atomic E-state index is 13.5. The Morgan fingerprint density at radius 1 is 1.30 bits per heavy atom. The van der Waals surface area contributed by atoms with E-state index in [4.69, 9.17) is 0 Å². The van der Waals surface area contributed by atoms with Gasteiger partial charge in [-0.2, -0.15) is 0 Å². The summed E-state index contributed by atoms with van der Waals surface area (Å²) in [6.45, 7) is 12.8. The zero-order chi connectivity index (χ0) is 19.2. The molecule has 2 aliphatic carbocycles. The second-order valence-electron chi connectivity index (χ2n) is 9.54. The molecule has 5 heteroatoms. The number of piperidine rings is 1. The molecular weight excluding hydrogens is 336 g/mol. The van der Waals surface area contributed by atoms with Crippen LogP contribution in [-0.2, 0) is 11.2 Å². The van der Waals surface area contributed by atoms with Crippen LogP contribution in [0.15, 0.2) is 18.3 Å². The minimum absolute atomic E-state index is 0.113. The number of carbonyl (C=O) groups excluding carboxylic acids is 1. The monoisotopic (exact) mass is 370 g/mol. The van der Waals surface area contributed by atoms with Crippen molar-refractivity contribution in [1.29, 1.82) is 0 Å². The summed E-state index contributed by atoms with van der Waals surface area (Å²) < 4.78 is 2.04. The Balaban J connectivity index is 1.39. The maximum atomic E-state index is 13.5. The summed E-state index contributed by atoms with van der Waals surface area (Å²) in [5, 5.41) is 8.68. The van der Waals surface area contributed by atoms with Crippen molar-refractivity contribution in [3.05, 3.63) is 24.0 Å². The first-order valence-corrected chi connectivity index (χ1v) is 10.8. The highest BCUT2D eigenvalue weighted by atomic mass is 16.2. The van der Waals surface area contributed by atoms with Gasteiger partial charge in [0.25, 0.3) is 0 Å². The molecule has 0 N–H and O–H groups in total. The van der Waals surface area contributed by atoms with Gasteiger partial charge >= 0.3 is 0 Å². The number of hydrogen-bond donors (Lipinski definition) is 0. The SMILES string of the molecule is C=C1C(C)(C)[C@H]2CC[C@]1(C(=O)N1CCC(n3cc(CCCC)nn3)CC1)C2. The van der Waals surface area contributed by atoms with Gasteiger partial charge in [-0.05, 0) is 56.3 Å². The van der Waals surface area contributed by atoms with E-state index >= 15 is 0 Å². The summed E-state index contributed by atoms with van der Waals surface area (Å²) in [5.41, 5.74) is 2.12. The van der Waals surface area contributed by atoms with Crippen molar-refractivity contribution in [3.8, 4) is 0 Å². The summed E-state index contributed by atoms with van der Waals surface area (Å²) in [6, 6.07) is 0.369. The summed E-state index contributed by atoms with van der Waals surface area (Å²) in [7, 11) is 0. The highest BCUT2D eigenvalue weighted by Gasteiger charge is 2.61. The molecular formula is C22H34N4O. The van der Waals surface area contributed by atoms with E-state index in [0.29, 0.717) is 17.9 Å². The third-order valence-corrected chi connectivity index (χ3v) is 7.77. The van der Waals surface area contributed by atoms with Crippen LogP contribution >= 0.6 is 0 Å². The summed E-state index contributed by atoms with van der Waals surface area (Å²) in [5.74, 6) is 0.976. The number of likely N-dealkylation sites (tertiary alicyclic amines) is 1. The molecule has 3 aliphatic rings. The van der Waals surface area contributed by atoms with Crippen LogP contribution in [0.25, 0.3) is 0 Å². The number of unbranched alkanes of at least 4 members (excludes halogenated alkanes) is 1. The Morgan fingerprint density at radius 2 is 2.04 bits per heavy atom. The van der Waals surface area contributed by atoms with Gasteiger partial charge in [0.15, 0.2) is 0 Å². The van der Waals surface area contributed by atoms with Crippen LogP contribution in [-0.4, -0.2) is 38.9 Å². The molecule has 2 heterocycles. The molecule has 0 aromatic carbocycles. The minimum Gasteiger partial charge on any atom is -0.342 e. The highest BCUT2D eigenvalue weighted by Crippen LogP contribution is 2.66. The zero-order valence-corrected chi connectivity index (χ0v) is 17.2. The molecule has 27 heavy (non-hydrogen) atoms. The van der Waals surface area contributed by atoms with E-state index in [2.05, 4.69) is 48.8 Å². The molecule has 0 spiro atoms. The van der Waals surface area contributed by atoms with Gasteiger partial charge in [0.05, 0.1) is 17.2 Å². The summed E-state index contributed by atoms with van der Waals surface area (Å²) in [6.07, 6.45) is 10.6. The van der Waals surface area contributed by atoms with E-state index in [9.17, 15) is 4.79 Å². The standard InChI is InChI=1S/C22H34N4O/c1-5-6-7-18-15-26(24-23-18)19-9-12-25(13-10-19)20(27)22-11-8-17(14-22)21(3,4)16(22)2/h15,17,19H,2,5-14H2,1,3-4H3/t17-,22-/m0/s1. The van der Waals surface area contributed by atoms with Gasteiger partial charge in [-0.3, -0.25) is 4.79 Å². The van der Waals surface area contributed by atoms with Crippen LogP contribution in [0.4, 0.5) is 0 Å². The zero-order valence-electron chi connectivity index (χ0n) is 17.2. The average Bonchev–Trinajstić information content (AvgIpc) is 3.37. The Hall–Kier alpha value is -1.65. The predicted molar refractivity (Wildman–Crippen MR) is 106 cm³/mol. The molecule has 0 unspecified atom stereocenters. The Bertz CT molecular complexity index is 728. The highest BCUT2D eigenvalue weighted by molar-refractivity contribution is 5.87. The summed E-state index contributed by atoms with van der Waals surface area (Å²) in [4.78, 5) is 15.6. The van der Waals surface area contributed by atoms with E-state index in [-0.39, 0.29) is 10.8 Å². The largest absolute Gasteiger partial charge is 0.342 e. The van der Waals surface area contributed by atoms with Gasteiger partial charge in [-0.15, -0.1) is 5.10 Å². The lowest BCUT2D eigenvalue weighted by Crippen LogP contribution is -2.47. The second-order valence-corrected chi connectivity index (χ2v) is 9.54. The number of aromatic nitrogens is 3. The number of carbonyl (C=O) groups is 1. The Labute approximate surface area is 163 Å². The number of fused-ring (bicyclic) bond motifs is 2. The first-order chi connectivity index (χ1) is 12.9. The number of amides is 1. The van der Waals surface area contributed by atoms with Crippen molar-refractivity contribution >= 4 is 5.91 Å². The van der Waals surface area contributed by atoms with Gasteiger partial charge in [0, 0.05) is 19.3 Å². The molecule has 4 rings (SSSR count). The van der Waals surface area contributed by atoms with Gasteiger partial charge in [-0.25, -0.2) is 4.68 Å². The Morgan fingerprint density at radius 3 is 2.67 bits per heavy atom. The van der Waals surface area contributed by atoms with Crippen LogP contribution in [0.5, 0.6) is 0 Å². The van der Waals surface area contributed by atoms with E-state index in [0.717, 1.165) is 57.3 Å². The van der Waals surface area contributed by atoms with Crippen LogP contribution in [0.2, 0.25) is 0 Å². The van der Waals surface area contributed by atoms with E-state index in [1.54, 1.807) is 0 Å². The van der Waals surface area contributed by atoms with E-state index in [1.807, 2.05) is 4.68 Å². The molecule has 2 atom stereocenters. The molecule has 3 fully saturated rings. The van der Waals surface area contributed by atoms with Gasteiger partial charge in [0.2, 0.25) is 5.91 Å². The minimum atomic E-state index is -0.276. The van der Waals surface area contributed by atoms with Crippen LogP contribution in [0, 0.1) is 16.7 Å². The van der Waals surface area contributed by atoms with Crippen LogP contribution in [0.1, 0.15) is 77.5 Å². The third-order valence-electron chi connectivity index (χ3n) is 7.77. The molecule has 2 saturated carbocycles. The van der Waals surface area contributed by atoms with Gasteiger partial charge in [0.1, 0.15) is 0 Å². The number of rotatable bonds is 5. The molecule has 148 valence electrons. The van der Waals surface area contributed by atoms with E-state index in [1.165, 1.54) is 18.4 Å². The van der Waals surface area contributed by atoms with Crippen molar-refractivity contribution < 1.29 is 4.79 Å². The lowest BCUT2D eigenvalue weighted by molar-refractivity contribution is -0.141. The first-order valence-electron chi connectivity index (χ1n) is 10.8. The topological polar surface area (TPSA) is 51.0 Å².